The molecule has 0 unspecified atom stereocenters. The zero-order chi connectivity index (χ0) is 14.8. The van der Waals surface area contributed by atoms with E-state index in [1.165, 1.54) is 6.92 Å². The summed E-state index contributed by atoms with van der Waals surface area (Å²) in [6, 6.07) is 18.5. The number of phenolic OH excluding ortho intramolecular Hbond substituents is 1. The standard InChI is InChI=1S/C18H14O3/c1-12(19)21-17-11-16(13-7-3-2-4-8-13)18(20)15-10-6-5-9-14(15)17/h2-11,20H,1H3. The molecule has 21 heavy (non-hydrogen) atoms. The largest absolute Gasteiger partial charge is 0.507 e. The number of rotatable bonds is 2. The number of benzene rings is 3. The Labute approximate surface area is 122 Å². The molecular weight excluding hydrogens is 264 g/mol. The summed E-state index contributed by atoms with van der Waals surface area (Å²) in [4.78, 5) is 11.3. The lowest BCUT2D eigenvalue weighted by molar-refractivity contribution is -0.131. The highest BCUT2D eigenvalue weighted by atomic mass is 16.5. The smallest absolute Gasteiger partial charge is 0.308 e. The van der Waals surface area contributed by atoms with Crippen LogP contribution in [-0.2, 0) is 4.79 Å². The Morgan fingerprint density at radius 3 is 2.24 bits per heavy atom. The van der Waals surface area contributed by atoms with Crippen molar-refractivity contribution in [2.24, 2.45) is 0 Å². The second-order valence-corrected chi connectivity index (χ2v) is 4.78. The Hall–Kier alpha value is -2.81. The topological polar surface area (TPSA) is 46.5 Å². The molecule has 0 bridgehead atoms. The van der Waals surface area contributed by atoms with Gasteiger partial charge in [0.1, 0.15) is 11.5 Å². The van der Waals surface area contributed by atoms with Gasteiger partial charge in [0.25, 0.3) is 0 Å². The van der Waals surface area contributed by atoms with Gasteiger partial charge in [-0.15, -0.1) is 0 Å². The van der Waals surface area contributed by atoms with E-state index < -0.39 is 0 Å². The molecule has 1 N–H and O–H groups in total. The number of hydrogen-bond donors (Lipinski definition) is 1. The summed E-state index contributed by atoms with van der Waals surface area (Å²) in [5.41, 5.74) is 1.51. The average Bonchev–Trinajstić information content (AvgIpc) is 2.51. The number of fused-ring (bicyclic) bond motifs is 1. The third-order valence-corrected chi connectivity index (χ3v) is 3.32. The van der Waals surface area contributed by atoms with Crippen LogP contribution >= 0.6 is 0 Å². The van der Waals surface area contributed by atoms with Crippen LogP contribution in [0, 0.1) is 0 Å². The predicted octanol–water partition coefficient (Wildman–Crippen LogP) is 4.14. The first-order valence-electron chi connectivity index (χ1n) is 6.65. The molecular formula is C18H14O3. The fraction of sp³-hybridized carbons (Fsp3) is 0.0556. The number of ether oxygens (including phenoxy) is 1. The van der Waals surface area contributed by atoms with E-state index in [1.807, 2.05) is 54.6 Å². The fourth-order valence-electron chi connectivity index (χ4n) is 2.40. The number of esters is 1. The highest BCUT2D eigenvalue weighted by Crippen LogP contribution is 2.41. The van der Waals surface area contributed by atoms with Crippen molar-refractivity contribution in [2.75, 3.05) is 0 Å². The van der Waals surface area contributed by atoms with E-state index >= 15 is 0 Å². The SMILES string of the molecule is CC(=O)Oc1cc(-c2ccccc2)c(O)c2ccccc12. The Kier molecular flexibility index (Phi) is 3.32. The van der Waals surface area contributed by atoms with Crippen molar-refractivity contribution < 1.29 is 14.6 Å². The van der Waals surface area contributed by atoms with Gasteiger partial charge in [0.05, 0.1) is 0 Å². The first kappa shape index (κ1) is 13.2. The predicted molar refractivity (Wildman–Crippen MR) is 82.4 cm³/mol. The van der Waals surface area contributed by atoms with Gasteiger partial charge in [0.2, 0.25) is 0 Å². The number of carbonyl (C=O) groups is 1. The van der Waals surface area contributed by atoms with E-state index in [9.17, 15) is 9.90 Å². The van der Waals surface area contributed by atoms with Crippen LogP contribution in [0.25, 0.3) is 21.9 Å². The summed E-state index contributed by atoms with van der Waals surface area (Å²) >= 11 is 0. The molecule has 0 aliphatic rings. The number of aromatic hydroxyl groups is 1. The summed E-state index contributed by atoms with van der Waals surface area (Å²) < 4.78 is 5.29. The molecule has 3 rings (SSSR count). The van der Waals surface area contributed by atoms with Gasteiger partial charge in [0, 0.05) is 23.3 Å². The molecule has 104 valence electrons. The molecule has 3 heteroatoms. The van der Waals surface area contributed by atoms with Crippen molar-refractivity contribution in [3.05, 3.63) is 60.7 Å². The van der Waals surface area contributed by atoms with Crippen molar-refractivity contribution in [2.45, 2.75) is 6.92 Å². The van der Waals surface area contributed by atoms with Gasteiger partial charge in [-0.1, -0.05) is 54.6 Å². The molecule has 3 nitrogen and oxygen atoms in total. The van der Waals surface area contributed by atoms with Crippen LogP contribution < -0.4 is 4.74 Å². The fourth-order valence-corrected chi connectivity index (χ4v) is 2.40. The molecule has 0 aromatic heterocycles. The first-order valence-corrected chi connectivity index (χ1v) is 6.65. The van der Waals surface area contributed by atoms with Crippen LogP contribution in [-0.4, -0.2) is 11.1 Å². The molecule has 0 amide bonds. The average molecular weight is 278 g/mol. The molecule has 3 aromatic rings. The lowest BCUT2D eigenvalue weighted by atomic mass is 9.99. The van der Waals surface area contributed by atoms with Crippen LogP contribution in [0.1, 0.15) is 6.92 Å². The zero-order valence-corrected chi connectivity index (χ0v) is 11.5. The minimum Gasteiger partial charge on any atom is -0.507 e. The maximum absolute atomic E-state index is 11.3. The molecule has 0 saturated carbocycles. The van der Waals surface area contributed by atoms with E-state index in [1.54, 1.807) is 6.07 Å². The van der Waals surface area contributed by atoms with Crippen LogP contribution in [0.3, 0.4) is 0 Å². The van der Waals surface area contributed by atoms with Crippen molar-refractivity contribution in [1.82, 2.24) is 0 Å². The second-order valence-electron chi connectivity index (χ2n) is 4.78. The Balaban J connectivity index is 2.31. The third kappa shape index (κ3) is 2.46. The summed E-state index contributed by atoms with van der Waals surface area (Å²) in [5.74, 6) is 0.257. The van der Waals surface area contributed by atoms with E-state index in [4.69, 9.17) is 4.74 Å². The molecule has 0 heterocycles. The van der Waals surface area contributed by atoms with E-state index in [0.717, 1.165) is 5.56 Å². The zero-order valence-electron chi connectivity index (χ0n) is 11.5. The molecule has 0 atom stereocenters. The molecule has 0 saturated heterocycles. The van der Waals surface area contributed by atoms with E-state index in [-0.39, 0.29) is 11.7 Å². The molecule has 0 fully saturated rings. The first-order chi connectivity index (χ1) is 10.2. The maximum atomic E-state index is 11.3. The van der Waals surface area contributed by atoms with E-state index in [2.05, 4.69) is 0 Å². The normalized spacial score (nSPS) is 10.5. The monoisotopic (exact) mass is 278 g/mol. The molecule has 3 aromatic carbocycles. The quantitative estimate of drug-likeness (QED) is 0.566. The van der Waals surface area contributed by atoms with Gasteiger partial charge in [-0.2, -0.15) is 0 Å². The van der Waals surface area contributed by atoms with Gasteiger partial charge < -0.3 is 9.84 Å². The van der Waals surface area contributed by atoms with Crippen LogP contribution in [0.5, 0.6) is 11.5 Å². The number of carbonyl (C=O) groups excluding carboxylic acids is 1. The lowest BCUT2D eigenvalue weighted by Gasteiger charge is -2.12. The van der Waals surface area contributed by atoms with Crippen molar-refractivity contribution in [3.8, 4) is 22.6 Å². The third-order valence-electron chi connectivity index (χ3n) is 3.32. The van der Waals surface area contributed by atoms with Gasteiger partial charge in [-0.25, -0.2) is 0 Å². The number of phenols is 1. The van der Waals surface area contributed by atoms with Crippen LogP contribution in [0.15, 0.2) is 60.7 Å². The van der Waals surface area contributed by atoms with Gasteiger partial charge >= 0.3 is 5.97 Å². The molecule has 0 radical (unpaired) electrons. The Morgan fingerprint density at radius 1 is 0.952 bits per heavy atom. The summed E-state index contributed by atoms with van der Waals surface area (Å²) in [7, 11) is 0. The minimum absolute atomic E-state index is 0.188. The lowest BCUT2D eigenvalue weighted by Crippen LogP contribution is -2.02. The highest BCUT2D eigenvalue weighted by Gasteiger charge is 2.14. The molecule has 0 spiro atoms. The van der Waals surface area contributed by atoms with Crippen molar-refractivity contribution in [3.63, 3.8) is 0 Å². The van der Waals surface area contributed by atoms with Crippen LogP contribution in [0.4, 0.5) is 0 Å². The highest BCUT2D eigenvalue weighted by molar-refractivity contribution is 5.99. The Morgan fingerprint density at radius 2 is 1.57 bits per heavy atom. The van der Waals surface area contributed by atoms with Gasteiger partial charge in [0.15, 0.2) is 0 Å². The van der Waals surface area contributed by atoms with Gasteiger partial charge in [-0.05, 0) is 11.6 Å². The van der Waals surface area contributed by atoms with E-state index in [0.29, 0.717) is 22.1 Å². The summed E-state index contributed by atoms with van der Waals surface area (Å²) in [6.45, 7) is 1.36. The summed E-state index contributed by atoms with van der Waals surface area (Å²) in [6.07, 6.45) is 0. The summed E-state index contributed by atoms with van der Waals surface area (Å²) in [5, 5.41) is 11.9. The van der Waals surface area contributed by atoms with Crippen molar-refractivity contribution in [1.29, 1.82) is 0 Å². The van der Waals surface area contributed by atoms with Gasteiger partial charge in [-0.3, -0.25) is 4.79 Å². The van der Waals surface area contributed by atoms with Crippen molar-refractivity contribution >= 4 is 16.7 Å². The Bertz CT molecular complexity index is 807. The molecule has 0 aliphatic heterocycles. The van der Waals surface area contributed by atoms with Crippen LogP contribution in [0.2, 0.25) is 0 Å². The second kappa shape index (κ2) is 5.29. The molecule has 0 aliphatic carbocycles. The minimum atomic E-state index is -0.384. The maximum Gasteiger partial charge on any atom is 0.308 e. The number of hydrogen-bond acceptors (Lipinski definition) is 3.